The molecule has 0 saturated heterocycles. The van der Waals surface area contributed by atoms with Gasteiger partial charge in [-0.15, -0.1) is 23.2 Å². The predicted molar refractivity (Wildman–Crippen MR) is 53.5 cm³/mol. The molecule has 0 bridgehead atoms. The number of alkyl halides is 2. The number of hydrogen-bond acceptors (Lipinski definition) is 1. The van der Waals surface area contributed by atoms with Crippen molar-refractivity contribution in [1.82, 2.24) is 0 Å². The standard InChI is InChI=1S/C10H8Cl2O/c11-8-7(10(13)9(8)12)6-4-2-1-3-5-6/h1-5,7-9H. The van der Waals surface area contributed by atoms with Gasteiger partial charge in [0.05, 0.1) is 11.3 Å². The zero-order chi connectivity index (χ0) is 9.42. The van der Waals surface area contributed by atoms with E-state index >= 15 is 0 Å². The van der Waals surface area contributed by atoms with Crippen LogP contribution in [0.1, 0.15) is 11.5 Å². The molecular weight excluding hydrogens is 207 g/mol. The Kier molecular flexibility index (Phi) is 2.31. The molecule has 1 saturated carbocycles. The smallest absolute Gasteiger partial charge is 0.161 e. The summed E-state index contributed by atoms with van der Waals surface area (Å²) in [4.78, 5) is 11.4. The van der Waals surface area contributed by atoms with E-state index in [0.29, 0.717) is 0 Å². The molecule has 2 rings (SSSR count). The van der Waals surface area contributed by atoms with Crippen LogP contribution in [0.5, 0.6) is 0 Å². The second-order valence-electron chi connectivity index (χ2n) is 3.14. The van der Waals surface area contributed by atoms with E-state index in [1.54, 1.807) is 0 Å². The minimum atomic E-state index is -0.508. The Labute approximate surface area is 86.7 Å². The maximum absolute atomic E-state index is 11.4. The minimum Gasteiger partial charge on any atom is -0.297 e. The van der Waals surface area contributed by atoms with Gasteiger partial charge in [0.25, 0.3) is 0 Å². The number of ketones is 1. The van der Waals surface area contributed by atoms with E-state index in [1.165, 1.54) is 0 Å². The van der Waals surface area contributed by atoms with Crippen molar-refractivity contribution < 1.29 is 4.79 Å². The summed E-state index contributed by atoms with van der Waals surface area (Å²) in [6.07, 6.45) is 0. The largest absolute Gasteiger partial charge is 0.297 e. The van der Waals surface area contributed by atoms with Crippen LogP contribution in [0.4, 0.5) is 0 Å². The molecule has 0 N–H and O–H groups in total. The van der Waals surface area contributed by atoms with Crippen molar-refractivity contribution in [3.8, 4) is 0 Å². The zero-order valence-corrected chi connectivity index (χ0v) is 8.29. The summed E-state index contributed by atoms with van der Waals surface area (Å²) in [6, 6.07) is 9.51. The molecular formula is C10H8Cl2O. The van der Waals surface area contributed by atoms with E-state index in [9.17, 15) is 4.79 Å². The van der Waals surface area contributed by atoms with Crippen LogP contribution < -0.4 is 0 Å². The lowest BCUT2D eigenvalue weighted by atomic mass is 9.77. The van der Waals surface area contributed by atoms with Gasteiger partial charge in [-0.2, -0.15) is 0 Å². The molecule has 1 nitrogen and oxygen atoms in total. The van der Waals surface area contributed by atoms with E-state index in [4.69, 9.17) is 23.2 Å². The first-order valence-corrected chi connectivity index (χ1v) is 4.96. The molecule has 3 atom stereocenters. The van der Waals surface area contributed by atoms with Gasteiger partial charge in [0.2, 0.25) is 0 Å². The second-order valence-corrected chi connectivity index (χ2v) is 4.11. The highest BCUT2D eigenvalue weighted by atomic mass is 35.5. The molecule has 0 radical (unpaired) electrons. The Morgan fingerprint density at radius 1 is 1.08 bits per heavy atom. The maximum Gasteiger partial charge on any atom is 0.161 e. The van der Waals surface area contributed by atoms with Gasteiger partial charge in [0, 0.05) is 0 Å². The first-order chi connectivity index (χ1) is 6.22. The quantitative estimate of drug-likeness (QED) is 0.658. The third-order valence-electron chi connectivity index (χ3n) is 2.34. The SMILES string of the molecule is O=C1C(Cl)C(Cl)C1c1ccccc1. The third kappa shape index (κ3) is 1.36. The third-order valence-corrected chi connectivity index (χ3v) is 3.45. The van der Waals surface area contributed by atoms with Crippen LogP contribution in [0.15, 0.2) is 30.3 Å². The number of Topliss-reactive ketones (excluding diaryl/α,β-unsaturated/α-hetero) is 1. The predicted octanol–water partition coefficient (Wildman–Crippen LogP) is 2.57. The topological polar surface area (TPSA) is 17.1 Å². The maximum atomic E-state index is 11.4. The molecule has 68 valence electrons. The van der Waals surface area contributed by atoms with E-state index in [1.807, 2.05) is 30.3 Å². The van der Waals surface area contributed by atoms with Crippen molar-refractivity contribution in [3.05, 3.63) is 35.9 Å². The van der Waals surface area contributed by atoms with Gasteiger partial charge < -0.3 is 0 Å². The molecule has 1 aromatic rings. The molecule has 3 unspecified atom stereocenters. The fourth-order valence-electron chi connectivity index (χ4n) is 1.54. The van der Waals surface area contributed by atoms with Crippen molar-refractivity contribution in [2.75, 3.05) is 0 Å². The molecule has 1 fully saturated rings. The molecule has 13 heavy (non-hydrogen) atoms. The van der Waals surface area contributed by atoms with Gasteiger partial charge in [-0.05, 0) is 5.56 Å². The van der Waals surface area contributed by atoms with Crippen LogP contribution in [0.2, 0.25) is 0 Å². The number of benzene rings is 1. The number of halogens is 2. The number of hydrogen-bond donors (Lipinski definition) is 0. The van der Waals surface area contributed by atoms with Crippen molar-refractivity contribution in [2.45, 2.75) is 16.7 Å². The molecule has 3 heteroatoms. The molecule has 0 spiro atoms. The molecule has 1 aromatic carbocycles. The Hall–Kier alpha value is -0.530. The van der Waals surface area contributed by atoms with Crippen molar-refractivity contribution >= 4 is 29.0 Å². The van der Waals surface area contributed by atoms with Crippen LogP contribution in [-0.2, 0) is 4.79 Å². The van der Waals surface area contributed by atoms with Crippen LogP contribution >= 0.6 is 23.2 Å². The van der Waals surface area contributed by atoms with E-state index in [2.05, 4.69) is 0 Å². The number of carbonyl (C=O) groups is 1. The lowest BCUT2D eigenvalue weighted by molar-refractivity contribution is -0.124. The fraction of sp³-hybridized carbons (Fsp3) is 0.300. The summed E-state index contributed by atoms with van der Waals surface area (Å²) in [5.74, 6) is -0.168. The first kappa shape index (κ1) is 9.04. The highest BCUT2D eigenvalue weighted by Gasteiger charge is 2.48. The van der Waals surface area contributed by atoms with Crippen LogP contribution in [0.25, 0.3) is 0 Å². The average molecular weight is 215 g/mol. The van der Waals surface area contributed by atoms with E-state index < -0.39 is 5.38 Å². The van der Waals surface area contributed by atoms with E-state index in [-0.39, 0.29) is 17.1 Å². The molecule has 1 aliphatic carbocycles. The fourth-order valence-corrected chi connectivity index (χ4v) is 2.22. The molecule has 0 aromatic heterocycles. The summed E-state index contributed by atoms with van der Waals surface area (Å²) >= 11 is 11.7. The van der Waals surface area contributed by atoms with Crippen molar-refractivity contribution in [2.24, 2.45) is 0 Å². The molecule has 0 aliphatic heterocycles. The van der Waals surface area contributed by atoms with Crippen molar-refractivity contribution in [1.29, 1.82) is 0 Å². The second kappa shape index (κ2) is 3.32. The number of carbonyl (C=O) groups excluding carboxylic acids is 1. The molecule has 1 aliphatic rings. The number of rotatable bonds is 1. The zero-order valence-electron chi connectivity index (χ0n) is 6.78. The summed E-state index contributed by atoms with van der Waals surface area (Å²) < 4.78 is 0. The Morgan fingerprint density at radius 3 is 2.23 bits per heavy atom. The van der Waals surface area contributed by atoms with Gasteiger partial charge in [0.15, 0.2) is 5.78 Å². The lowest BCUT2D eigenvalue weighted by Crippen LogP contribution is -2.48. The van der Waals surface area contributed by atoms with Crippen molar-refractivity contribution in [3.63, 3.8) is 0 Å². The lowest BCUT2D eigenvalue weighted by Gasteiger charge is -2.35. The Bertz CT molecular complexity index is 323. The highest BCUT2D eigenvalue weighted by molar-refractivity contribution is 6.43. The monoisotopic (exact) mass is 214 g/mol. The van der Waals surface area contributed by atoms with Gasteiger partial charge >= 0.3 is 0 Å². The minimum absolute atomic E-state index is 0.0351. The van der Waals surface area contributed by atoms with Gasteiger partial charge in [-0.3, -0.25) is 4.79 Å². The summed E-state index contributed by atoms with van der Waals surface area (Å²) in [6.45, 7) is 0. The van der Waals surface area contributed by atoms with Gasteiger partial charge in [0.1, 0.15) is 5.38 Å². The van der Waals surface area contributed by atoms with Crippen LogP contribution in [0.3, 0.4) is 0 Å². The summed E-state index contributed by atoms with van der Waals surface area (Å²) in [5.41, 5.74) is 0.962. The van der Waals surface area contributed by atoms with Crippen LogP contribution in [-0.4, -0.2) is 16.5 Å². The van der Waals surface area contributed by atoms with Gasteiger partial charge in [-0.25, -0.2) is 0 Å². The normalized spacial score (nSPS) is 32.8. The highest BCUT2D eigenvalue weighted by Crippen LogP contribution is 2.40. The summed E-state index contributed by atoms with van der Waals surface area (Å²) in [7, 11) is 0. The first-order valence-electron chi connectivity index (χ1n) is 4.08. The van der Waals surface area contributed by atoms with E-state index in [0.717, 1.165) is 5.56 Å². The molecule has 0 heterocycles. The Balaban J connectivity index is 2.25. The summed E-state index contributed by atoms with van der Waals surface area (Å²) in [5, 5.41) is -0.761. The Morgan fingerprint density at radius 2 is 1.69 bits per heavy atom. The molecule has 0 amide bonds. The van der Waals surface area contributed by atoms with Gasteiger partial charge in [-0.1, -0.05) is 30.3 Å². The average Bonchev–Trinajstić information content (AvgIpc) is 2.19. The van der Waals surface area contributed by atoms with Crippen LogP contribution in [0, 0.1) is 0 Å².